The van der Waals surface area contributed by atoms with Crippen LogP contribution in [0.2, 0.25) is 0 Å². The first-order valence-corrected chi connectivity index (χ1v) is 10.7. The normalized spacial score (nSPS) is 18.2. The molecule has 11 nitrogen and oxygen atoms in total. The zero-order chi connectivity index (χ0) is 24.1. The molecule has 1 aliphatic carbocycles. The summed E-state index contributed by atoms with van der Waals surface area (Å²) in [7, 11) is 0. The van der Waals surface area contributed by atoms with Gasteiger partial charge in [-0.05, 0) is 53.9 Å². The number of hydrogen-bond acceptors (Lipinski definition) is 7. The number of aromatic nitrogens is 2. The molecule has 1 aliphatic rings. The van der Waals surface area contributed by atoms with Gasteiger partial charge in [-0.25, -0.2) is 9.59 Å². The van der Waals surface area contributed by atoms with Crippen LogP contribution in [-0.2, 0) is 25.6 Å². The van der Waals surface area contributed by atoms with Crippen molar-refractivity contribution >= 4 is 18.0 Å². The second-order valence-electron chi connectivity index (χ2n) is 8.78. The molecule has 178 valence electrons. The van der Waals surface area contributed by atoms with Gasteiger partial charge in [0.1, 0.15) is 18.7 Å². The number of H-pyrrole nitrogens is 1. The van der Waals surface area contributed by atoms with Gasteiger partial charge in [-0.15, -0.1) is 0 Å². The largest absolute Gasteiger partial charge is 0.465 e. The number of aromatic amines is 1. The Morgan fingerprint density at radius 1 is 1.25 bits per heavy atom. The maximum atomic E-state index is 13.2. The lowest BCUT2D eigenvalue weighted by Crippen LogP contribution is -2.54. The molecule has 1 heterocycles. The van der Waals surface area contributed by atoms with Crippen LogP contribution >= 0.6 is 0 Å². The molecule has 0 saturated heterocycles. The van der Waals surface area contributed by atoms with Crippen molar-refractivity contribution in [1.29, 1.82) is 0 Å². The summed E-state index contributed by atoms with van der Waals surface area (Å²) in [5, 5.41) is 2.79. The molecule has 11 heteroatoms. The predicted molar refractivity (Wildman–Crippen MR) is 115 cm³/mol. The van der Waals surface area contributed by atoms with E-state index in [1.807, 2.05) is 0 Å². The van der Waals surface area contributed by atoms with E-state index in [0.717, 1.165) is 11.0 Å². The molecule has 2 rings (SSSR count). The Balaban J connectivity index is 2.25. The molecule has 1 fully saturated rings. The summed E-state index contributed by atoms with van der Waals surface area (Å²) in [5.74, 6) is -1.09. The molecule has 1 aromatic heterocycles. The van der Waals surface area contributed by atoms with Gasteiger partial charge in [-0.3, -0.25) is 23.9 Å². The molecule has 0 spiro atoms. The first-order chi connectivity index (χ1) is 14.9. The van der Waals surface area contributed by atoms with E-state index in [1.54, 1.807) is 27.7 Å². The first-order valence-electron chi connectivity index (χ1n) is 10.7. The Morgan fingerprint density at radius 3 is 2.56 bits per heavy atom. The van der Waals surface area contributed by atoms with E-state index in [4.69, 9.17) is 9.47 Å². The third kappa shape index (κ3) is 6.96. The second kappa shape index (κ2) is 10.5. The number of rotatable bonds is 7. The summed E-state index contributed by atoms with van der Waals surface area (Å²) >= 11 is 0. The van der Waals surface area contributed by atoms with E-state index in [1.165, 1.54) is 18.0 Å². The molecule has 2 N–H and O–H groups in total. The molecule has 1 aromatic rings. The molecular formula is C21H32N4O7. The van der Waals surface area contributed by atoms with Gasteiger partial charge in [0.15, 0.2) is 0 Å². The lowest BCUT2D eigenvalue weighted by molar-refractivity contribution is -0.151. The maximum absolute atomic E-state index is 13.2. The van der Waals surface area contributed by atoms with Crippen LogP contribution in [0.25, 0.3) is 0 Å². The molecule has 0 unspecified atom stereocenters. The van der Waals surface area contributed by atoms with Crippen LogP contribution in [0.3, 0.4) is 0 Å². The van der Waals surface area contributed by atoms with Crippen LogP contribution in [0.4, 0.5) is 4.79 Å². The van der Waals surface area contributed by atoms with Gasteiger partial charge >= 0.3 is 17.8 Å². The SMILES string of the molecule is CCOC(=O)CN(C(=O)Cn1cc(C)c(=O)[nH]c1=O)[C@@H]1CCC[C@@H]1NC(=O)OC(C)(C)C. The number of carbonyl (C=O) groups is 3. The fraction of sp³-hybridized carbons (Fsp3) is 0.667. The van der Waals surface area contributed by atoms with Gasteiger partial charge in [-0.1, -0.05) is 0 Å². The molecule has 0 radical (unpaired) electrons. The number of nitrogens with one attached hydrogen (secondary N) is 2. The minimum Gasteiger partial charge on any atom is -0.465 e. The molecule has 2 amide bonds. The minimum atomic E-state index is -0.722. The first kappa shape index (κ1) is 25.2. The Kier molecular flexibility index (Phi) is 8.23. The average Bonchev–Trinajstić information content (AvgIpc) is 3.10. The summed E-state index contributed by atoms with van der Waals surface area (Å²) in [6.45, 7) is 7.90. The Morgan fingerprint density at radius 2 is 1.94 bits per heavy atom. The van der Waals surface area contributed by atoms with Gasteiger partial charge < -0.3 is 19.7 Å². The highest BCUT2D eigenvalue weighted by molar-refractivity contribution is 5.82. The number of aryl methyl sites for hydroxylation is 1. The van der Waals surface area contributed by atoms with Crippen molar-refractivity contribution in [3.05, 3.63) is 32.6 Å². The summed E-state index contributed by atoms with van der Waals surface area (Å²) in [4.78, 5) is 64.9. The number of ether oxygens (including phenoxy) is 2. The third-order valence-corrected chi connectivity index (χ3v) is 5.00. The van der Waals surface area contributed by atoms with Crippen LogP contribution < -0.4 is 16.6 Å². The number of amides is 2. The van der Waals surface area contributed by atoms with E-state index >= 15 is 0 Å². The molecule has 2 atom stereocenters. The van der Waals surface area contributed by atoms with E-state index in [0.29, 0.717) is 12.8 Å². The van der Waals surface area contributed by atoms with Gasteiger partial charge in [0.25, 0.3) is 5.56 Å². The number of esters is 1. The fourth-order valence-electron chi connectivity index (χ4n) is 3.65. The van der Waals surface area contributed by atoms with Gasteiger partial charge in [-0.2, -0.15) is 0 Å². The van der Waals surface area contributed by atoms with Gasteiger partial charge in [0.2, 0.25) is 5.91 Å². The third-order valence-electron chi connectivity index (χ3n) is 5.00. The molecular weight excluding hydrogens is 420 g/mol. The molecule has 0 bridgehead atoms. The van der Waals surface area contributed by atoms with Crippen molar-refractivity contribution in [3.63, 3.8) is 0 Å². The van der Waals surface area contributed by atoms with E-state index in [2.05, 4.69) is 10.3 Å². The number of carbonyl (C=O) groups excluding carboxylic acids is 3. The van der Waals surface area contributed by atoms with Crippen molar-refractivity contribution in [2.45, 2.75) is 78.1 Å². The Labute approximate surface area is 186 Å². The lowest BCUT2D eigenvalue weighted by Gasteiger charge is -2.33. The summed E-state index contributed by atoms with van der Waals surface area (Å²) in [5.41, 5.74) is -1.65. The standard InChI is InChI=1S/C21H32N4O7/c1-6-31-17(27)12-25(16(26)11-24-10-13(2)18(28)23-19(24)29)15-9-7-8-14(15)22-20(30)32-21(3,4)5/h10,14-15H,6-9,11-12H2,1-5H3,(H,22,30)(H,23,28,29)/t14-,15+/m0/s1. The highest BCUT2D eigenvalue weighted by Crippen LogP contribution is 2.25. The number of alkyl carbamates (subject to hydrolysis) is 1. The Hall–Kier alpha value is -3.11. The highest BCUT2D eigenvalue weighted by atomic mass is 16.6. The highest BCUT2D eigenvalue weighted by Gasteiger charge is 2.37. The summed E-state index contributed by atoms with van der Waals surface area (Å²) in [6.07, 6.45) is 2.59. The topological polar surface area (TPSA) is 140 Å². The van der Waals surface area contributed by atoms with E-state index in [9.17, 15) is 24.0 Å². The van der Waals surface area contributed by atoms with Crippen LogP contribution in [0.15, 0.2) is 15.8 Å². The zero-order valence-electron chi connectivity index (χ0n) is 19.2. The monoisotopic (exact) mass is 452 g/mol. The van der Waals surface area contributed by atoms with Gasteiger partial charge in [0.05, 0.1) is 18.7 Å². The van der Waals surface area contributed by atoms with E-state index in [-0.39, 0.29) is 25.3 Å². The molecule has 32 heavy (non-hydrogen) atoms. The second-order valence-corrected chi connectivity index (χ2v) is 8.78. The van der Waals surface area contributed by atoms with Crippen LogP contribution in [0.1, 0.15) is 52.5 Å². The zero-order valence-corrected chi connectivity index (χ0v) is 19.2. The van der Waals surface area contributed by atoms with Crippen molar-refractivity contribution in [1.82, 2.24) is 19.8 Å². The summed E-state index contributed by atoms with van der Waals surface area (Å²) in [6, 6.07) is -0.892. The average molecular weight is 453 g/mol. The van der Waals surface area contributed by atoms with Gasteiger partial charge in [0, 0.05) is 11.8 Å². The number of hydrogen-bond donors (Lipinski definition) is 2. The van der Waals surface area contributed by atoms with Crippen LogP contribution in [0.5, 0.6) is 0 Å². The van der Waals surface area contributed by atoms with Crippen molar-refractivity contribution in [2.24, 2.45) is 0 Å². The lowest BCUT2D eigenvalue weighted by atomic mass is 10.1. The quantitative estimate of drug-likeness (QED) is 0.580. The van der Waals surface area contributed by atoms with Crippen molar-refractivity contribution < 1.29 is 23.9 Å². The minimum absolute atomic E-state index is 0.156. The predicted octanol–water partition coefficient (Wildman–Crippen LogP) is 0.683. The van der Waals surface area contributed by atoms with Crippen molar-refractivity contribution in [2.75, 3.05) is 13.2 Å². The molecule has 0 aliphatic heterocycles. The molecule has 1 saturated carbocycles. The fourth-order valence-corrected chi connectivity index (χ4v) is 3.65. The Bertz CT molecular complexity index is 960. The van der Waals surface area contributed by atoms with Crippen LogP contribution in [-0.4, -0.2) is 63.3 Å². The molecule has 0 aromatic carbocycles. The van der Waals surface area contributed by atoms with Crippen molar-refractivity contribution in [3.8, 4) is 0 Å². The number of nitrogens with zero attached hydrogens (tertiary/aromatic N) is 2. The maximum Gasteiger partial charge on any atom is 0.407 e. The van der Waals surface area contributed by atoms with Crippen LogP contribution in [0, 0.1) is 6.92 Å². The smallest absolute Gasteiger partial charge is 0.407 e. The summed E-state index contributed by atoms with van der Waals surface area (Å²) < 4.78 is 11.4. The van der Waals surface area contributed by atoms with E-state index < -0.39 is 46.9 Å².